The molecule has 0 aromatic heterocycles. The Morgan fingerprint density at radius 2 is 2.40 bits per heavy atom. The Balaban J connectivity index is 2.68. The van der Waals surface area contributed by atoms with Crippen molar-refractivity contribution in [2.75, 3.05) is 6.54 Å². The van der Waals surface area contributed by atoms with Crippen LogP contribution in [0.4, 0.5) is 0 Å². The van der Waals surface area contributed by atoms with Crippen LogP contribution in [0.5, 0.6) is 0 Å². The molecule has 0 aromatic rings. The lowest BCUT2D eigenvalue weighted by atomic mass is 10.1. The predicted octanol–water partition coefficient (Wildman–Crippen LogP) is 2.20. The fourth-order valence-electron chi connectivity index (χ4n) is 0.849. The molecular weight excluding hydrogens is 260 g/mol. The highest BCUT2D eigenvalue weighted by Gasteiger charge is 2.12. The van der Waals surface area contributed by atoms with Crippen molar-refractivity contribution >= 4 is 34.2 Å². The van der Waals surface area contributed by atoms with Crippen LogP contribution in [0, 0.1) is 0 Å². The summed E-state index contributed by atoms with van der Waals surface area (Å²) in [6, 6.07) is 0. The third-order valence-electron chi connectivity index (χ3n) is 1.48. The summed E-state index contributed by atoms with van der Waals surface area (Å²) in [6.07, 6.45) is 4.95. The summed E-state index contributed by atoms with van der Waals surface area (Å²) < 4.78 is 0.433. The molecule has 0 radical (unpaired) electrons. The first kappa shape index (κ1) is 8.56. The van der Waals surface area contributed by atoms with Crippen LogP contribution < -0.4 is 5.73 Å². The first-order chi connectivity index (χ1) is 4.74. The number of allylic oxidation sites excluding steroid dienone is 3. The average molecular weight is 270 g/mol. The van der Waals surface area contributed by atoms with E-state index in [0.29, 0.717) is 10.5 Å². The minimum absolute atomic E-state index is 0.433. The smallest absolute Gasteiger partial charge is 0.0504 e. The van der Waals surface area contributed by atoms with Crippen LogP contribution in [0.25, 0.3) is 0 Å². The molecule has 3 heteroatoms. The Hall–Kier alpha value is 0.460. The van der Waals surface area contributed by atoms with Gasteiger partial charge >= 0.3 is 0 Å². The molecule has 0 fully saturated rings. The summed E-state index contributed by atoms with van der Waals surface area (Å²) in [5.74, 6) is 0. The molecule has 10 heavy (non-hydrogen) atoms. The zero-order valence-electron chi connectivity index (χ0n) is 5.48. The van der Waals surface area contributed by atoms with E-state index in [4.69, 9.17) is 17.3 Å². The maximum atomic E-state index is 5.86. The molecule has 1 atom stereocenters. The van der Waals surface area contributed by atoms with Gasteiger partial charge in [0.05, 0.1) is 3.92 Å². The first-order valence-electron chi connectivity index (χ1n) is 3.13. The van der Waals surface area contributed by atoms with Gasteiger partial charge in [-0.25, -0.2) is 0 Å². The van der Waals surface area contributed by atoms with E-state index in [1.807, 2.05) is 12.2 Å². The van der Waals surface area contributed by atoms with E-state index in [1.54, 1.807) is 0 Å². The highest BCUT2D eigenvalue weighted by Crippen LogP contribution is 2.27. The summed E-state index contributed by atoms with van der Waals surface area (Å²) in [7, 11) is 0. The van der Waals surface area contributed by atoms with Crippen LogP contribution in [0.15, 0.2) is 22.8 Å². The van der Waals surface area contributed by atoms with Crippen molar-refractivity contribution in [1.82, 2.24) is 0 Å². The Labute approximate surface area is 79.4 Å². The maximum Gasteiger partial charge on any atom is 0.0504 e. The summed E-state index contributed by atoms with van der Waals surface area (Å²) in [5, 5.41) is 0.929. The van der Waals surface area contributed by atoms with Gasteiger partial charge in [0.25, 0.3) is 0 Å². The van der Waals surface area contributed by atoms with Crippen molar-refractivity contribution in [3.63, 3.8) is 0 Å². The van der Waals surface area contributed by atoms with Crippen LogP contribution in [-0.2, 0) is 0 Å². The SMILES string of the molecule is NCC1=CC=C(Cl)C(I)C1. The fraction of sp³-hybridized carbons (Fsp3) is 0.429. The van der Waals surface area contributed by atoms with Crippen molar-refractivity contribution in [1.29, 1.82) is 0 Å². The molecule has 0 bridgehead atoms. The van der Waals surface area contributed by atoms with Gasteiger partial charge in [-0.1, -0.05) is 45.8 Å². The van der Waals surface area contributed by atoms with Crippen molar-refractivity contribution in [3.05, 3.63) is 22.8 Å². The Kier molecular flexibility index (Phi) is 3.20. The number of rotatable bonds is 1. The predicted molar refractivity (Wildman–Crippen MR) is 53.5 cm³/mol. The molecule has 1 aliphatic rings. The molecule has 56 valence electrons. The Morgan fingerprint density at radius 3 is 2.90 bits per heavy atom. The second kappa shape index (κ2) is 3.74. The molecule has 2 N–H and O–H groups in total. The molecule has 0 saturated heterocycles. The van der Waals surface area contributed by atoms with E-state index in [1.165, 1.54) is 5.57 Å². The van der Waals surface area contributed by atoms with E-state index in [0.717, 1.165) is 11.5 Å². The number of hydrogen-bond donors (Lipinski definition) is 1. The molecule has 0 spiro atoms. The van der Waals surface area contributed by atoms with Crippen molar-refractivity contribution in [2.45, 2.75) is 10.3 Å². The van der Waals surface area contributed by atoms with E-state index >= 15 is 0 Å². The zero-order chi connectivity index (χ0) is 7.56. The molecule has 1 unspecified atom stereocenters. The topological polar surface area (TPSA) is 26.0 Å². The monoisotopic (exact) mass is 269 g/mol. The normalized spacial score (nSPS) is 25.7. The minimum Gasteiger partial charge on any atom is -0.327 e. The van der Waals surface area contributed by atoms with Gasteiger partial charge in [-0.05, 0) is 12.5 Å². The molecule has 1 rings (SSSR count). The Bertz CT molecular complexity index is 186. The van der Waals surface area contributed by atoms with E-state index in [-0.39, 0.29) is 0 Å². The second-order valence-electron chi connectivity index (χ2n) is 2.25. The largest absolute Gasteiger partial charge is 0.327 e. The van der Waals surface area contributed by atoms with Crippen molar-refractivity contribution in [3.8, 4) is 0 Å². The lowest BCUT2D eigenvalue weighted by Crippen LogP contribution is -2.11. The van der Waals surface area contributed by atoms with Gasteiger partial charge in [0, 0.05) is 11.6 Å². The number of halogens is 2. The molecule has 0 aliphatic heterocycles. The van der Waals surface area contributed by atoms with Gasteiger partial charge in [-0.15, -0.1) is 0 Å². The molecular formula is C7H9ClIN. The molecule has 1 nitrogen and oxygen atoms in total. The zero-order valence-corrected chi connectivity index (χ0v) is 8.39. The van der Waals surface area contributed by atoms with Crippen LogP contribution in [0.3, 0.4) is 0 Å². The quantitative estimate of drug-likeness (QED) is 0.573. The summed E-state index contributed by atoms with van der Waals surface area (Å²) in [6.45, 7) is 0.653. The lowest BCUT2D eigenvalue weighted by Gasteiger charge is -2.14. The Morgan fingerprint density at radius 1 is 1.70 bits per heavy atom. The molecule has 0 aromatic carbocycles. The highest BCUT2D eigenvalue weighted by molar-refractivity contribution is 14.1. The van der Waals surface area contributed by atoms with Crippen molar-refractivity contribution in [2.24, 2.45) is 5.73 Å². The van der Waals surface area contributed by atoms with Gasteiger partial charge < -0.3 is 5.73 Å². The van der Waals surface area contributed by atoms with Gasteiger partial charge in [-0.2, -0.15) is 0 Å². The second-order valence-corrected chi connectivity index (χ2v) is 4.19. The van der Waals surface area contributed by atoms with Crippen LogP contribution in [-0.4, -0.2) is 10.5 Å². The average Bonchev–Trinajstić information content (AvgIpc) is 1.95. The number of hydrogen-bond acceptors (Lipinski definition) is 1. The van der Waals surface area contributed by atoms with Crippen LogP contribution in [0.1, 0.15) is 6.42 Å². The van der Waals surface area contributed by atoms with E-state index in [9.17, 15) is 0 Å². The van der Waals surface area contributed by atoms with Gasteiger partial charge in [0.15, 0.2) is 0 Å². The third-order valence-corrected chi connectivity index (χ3v) is 3.35. The van der Waals surface area contributed by atoms with Gasteiger partial charge in [0.2, 0.25) is 0 Å². The number of nitrogens with two attached hydrogens (primary N) is 1. The van der Waals surface area contributed by atoms with E-state index < -0.39 is 0 Å². The molecule has 1 aliphatic carbocycles. The molecule has 0 amide bonds. The first-order valence-corrected chi connectivity index (χ1v) is 4.75. The molecule has 0 heterocycles. The summed E-state index contributed by atoms with van der Waals surface area (Å²) in [4.78, 5) is 0. The number of alkyl halides is 1. The van der Waals surface area contributed by atoms with Gasteiger partial charge in [0.1, 0.15) is 0 Å². The van der Waals surface area contributed by atoms with Crippen molar-refractivity contribution < 1.29 is 0 Å². The highest BCUT2D eigenvalue weighted by atomic mass is 127. The van der Waals surface area contributed by atoms with Gasteiger partial charge in [-0.3, -0.25) is 0 Å². The fourth-order valence-corrected chi connectivity index (χ4v) is 1.76. The van der Waals surface area contributed by atoms with Crippen LogP contribution in [0.2, 0.25) is 0 Å². The summed E-state index contributed by atoms with van der Waals surface area (Å²) >= 11 is 8.18. The third kappa shape index (κ3) is 1.97. The standard InChI is InChI=1S/C7H9ClIN/c8-6-2-1-5(4-10)3-7(6)9/h1-2,7H,3-4,10H2. The van der Waals surface area contributed by atoms with E-state index in [2.05, 4.69) is 22.6 Å². The minimum atomic E-state index is 0.433. The molecule has 0 saturated carbocycles. The summed E-state index contributed by atoms with van der Waals surface area (Å²) in [5.41, 5.74) is 6.75. The lowest BCUT2D eigenvalue weighted by molar-refractivity contribution is 0.939. The maximum absolute atomic E-state index is 5.86. The van der Waals surface area contributed by atoms with Crippen LogP contribution >= 0.6 is 34.2 Å².